The second-order valence-electron chi connectivity index (χ2n) is 3.54. The van der Waals surface area contributed by atoms with Gasteiger partial charge in [-0.25, -0.2) is 0 Å². The minimum atomic E-state index is 0.287. The molecule has 3 rings (SSSR count). The lowest BCUT2D eigenvalue weighted by Gasteiger charge is -2.09. The fraction of sp³-hybridized carbons (Fsp3) is 0.0769. The number of fused-ring (bicyclic) bond motifs is 1. The van der Waals surface area contributed by atoms with Gasteiger partial charge in [-0.15, -0.1) is 0 Å². The maximum atomic E-state index is 3.44. The van der Waals surface area contributed by atoms with Crippen LogP contribution >= 0.6 is 27.7 Å². The number of benzene rings is 1. The molecule has 0 saturated heterocycles. The lowest BCUT2D eigenvalue weighted by molar-refractivity contribution is 1.13. The summed E-state index contributed by atoms with van der Waals surface area (Å²) in [7, 11) is 0. The first-order valence-electron chi connectivity index (χ1n) is 4.94. The van der Waals surface area contributed by atoms with Crippen molar-refractivity contribution >= 4 is 33.4 Å². The van der Waals surface area contributed by atoms with E-state index in [1.165, 1.54) is 10.5 Å². The molecule has 78 valence electrons. The van der Waals surface area contributed by atoms with Crippen LogP contribution in [0.15, 0.2) is 45.8 Å². The smallest absolute Gasteiger partial charge is 0.103 e. The molecule has 3 heteroatoms. The lowest BCUT2D eigenvalue weighted by atomic mass is 10.2. The van der Waals surface area contributed by atoms with E-state index < -0.39 is 0 Å². The third-order valence-electron chi connectivity index (χ3n) is 2.45. The lowest BCUT2D eigenvalue weighted by Crippen LogP contribution is -2.00. The van der Waals surface area contributed by atoms with Crippen molar-refractivity contribution in [3.05, 3.63) is 58.6 Å². The molecular formula is C13H8BrNS. The van der Waals surface area contributed by atoms with Crippen molar-refractivity contribution in [3.8, 4) is 0 Å². The van der Waals surface area contributed by atoms with Gasteiger partial charge in [0.25, 0.3) is 0 Å². The zero-order valence-electron chi connectivity index (χ0n) is 8.33. The number of rotatable bonds is 1. The highest BCUT2D eigenvalue weighted by molar-refractivity contribution is 9.10. The van der Waals surface area contributed by atoms with Crippen molar-refractivity contribution in [2.45, 2.75) is 10.3 Å². The molecule has 0 bridgehead atoms. The topological polar surface area (TPSA) is 12.0 Å². The molecule has 1 aliphatic heterocycles. The summed E-state index contributed by atoms with van der Waals surface area (Å²) in [6.07, 6.45) is 0. The van der Waals surface area contributed by atoms with E-state index in [1.807, 2.05) is 17.8 Å². The zero-order chi connectivity index (χ0) is 11.0. The van der Waals surface area contributed by atoms with E-state index in [-0.39, 0.29) is 5.37 Å². The Morgan fingerprint density at radius 1 is 1.19 bits per heavy atom. The van der Waals surface area contributed by atoms with Crippen LogP contribution in [-0.2, 0) is 0 Å². The van der Waals surface area contributed by atoms with Crippen LogP contribution in [0.3, 0.4) is 0 Å². The Hall–Kier alpha value is -1.11. The molecule has 2 aromatic carbocycles. The molecule has 0 unspecified atom stereocenters. The molecule has 0 spiro atoms. The maximum absolute atomic E-state index is 3.44. The highest BCUT2D eigenvalue weighted by Crippen LogP contribution is 2.45. The molecular weight excluding hydrogens is 282 g/mol. The molecule has 0 aliphatic carbocycles. The minimum Gasteiger partial charge on any atom is -0.361 e. The fourth-order valence-electron chi connectivity index (χ4n) is 1.66. The summed E-state index contributed by atoms with van der Waals surface area (Å²) in [6, 6.07) is 18.4. The van der Waals surface area contributed by atoms with Crippen LogP contribution in [0.5, 0.6) is 0 Å². The van der Waals surface area contributed by atoms with E-state index in [4.69, 9.17) is 0 Å². The van der Waals surface area contributed by atoms with Crippen molar-refractivity contribution in [1.82, 2.24) is 0 Å². The van der Waals surface area contributed by atoms with Crippen LogP contribution < -0.4 is 5.32 Å². The van der Waals surface area contributed by atoms with E-state index in [9.17, 15) is 0 Å². The van der Waals surface area contributed by atoms with Gasteiger partial charge in [-0.3, -0.25) is 0 Å². The quantitative estimate of drug-likeness (QED) is 0.842. The third kappa shape index (κ3) is 1.79. The first-order valence-corrected chi connectivity index (χ1v) is 6.61. The van der Waals surface area contributed by atoms with Gasteiger partial charge < -0.3 is 5.32 Å². The normalized spacial score (nSPS) is 17.4. The van der Waals surface area contributed by atoms with E-state index in [0.29, 0.717) is 0 Å². The SMILES string of the molecule is Brc1ccc([C@@H]2Nc3c#cccc3S2)cc1. The van der Waals surface area contributed by atoms with Gasteiger partial charge in [0.15, 0.2) is 0 Å². The Morgan fingerprint density at radius 2 is 2.00 bits per heavy atom. The Balaban J connectivity index is 1.88. The van der Waals surface area contributed by atoms with Crippen LogP contribution in [0.1, 0.15) is 10.9 Å². The van der Waals surface area contributed by atoms with Crippen LogP contribution in [0.2, 0.25) is 0 Å². The number of nitrogens with one attached hydrogen (secondary N) is 1. The van der Waals surface area contributed by atoms with Gasteiger partial charge in [-0.1, -0.05) is 45.9 Å². The highest BCUT2D eigenvalue weighted by Gasteiger charge is 2.22. The second kappa shape index (κ2) is 4.04. The number of thioether (sulfide) groups is 1. The molecule has 2 aromatic rings. The standard InChI is InChI=1S/C13H8BrNS/c14-10-7-5-9(6-8-10)13-15-11-3-1-2-4-12(11)16-13/h2,4-8,13,15H/t13-/m1/s1. The molecule has 0 radical (unpaired) electrons. The average molecular weight is 290 g/mol. The predicted molar refractivity (Wildman–Crippen MR) is 70.5 cm³/mol. The second-order valence-corrected chi connectivity index (χ2v) is 5.60. The molecule has 0 aromatic heterocycles. The predicted octanol–water partition coefficient (Wildman–Crippen LogP) is 4.27. The van der Waals surface area contributed by atoms with E-state index in [2.05, 4.69) is 63.7 Å². The van der Waals surface area contributed by atoms with Crippen LogP contribution in [-0.4, -0.2) is 0 Å². The third-order valence-corrected chi connectivity index (χ3v) is 4.20. The zero-order valence-corrected chi connectivity index (χ0v) is 10.7. The van der Waals surface area contributed by atoms with E-state index in [0.717, 1.165) is 10.2 Å². The molecule has 1 heterocycles. The number of halogens is 1. The van der Waals surface area contributed by atoms with Gasteiger partial charge in [0.1, 0.15) is 11.1 Å². The number of anilines is 1. The summed E-state index contributed by atoms with van der Waals surface area (Å²) in [5, 5.41) is 3.72. The van der Waals surface area contributed by atoms with Crippen LogP contribution in [0, 0.1) is 12.1 Å². The number of hydrogen-bond acceptors (Lipinski definition) is 2. The van der Waals surface area contributed by atoms with Crippen molar-refractivity contribution in [2.75, 3.05) is 5.32 Å². The Kier molecular flexibility index (Phi) is 2.55. The molecule has 1 atom stereocenters. The van der Waals surface area contributed by atoms with Crippen molar-refractivity contribution in [3.63, 3.8) is 0 Å². The molecule has 1 nitrogen and oxygen atoms in total. The summed E-state index contributed by atoms with van der Waals surface area (Å²) >= 11 is 5.26. The highest BCUT2D eigenvalue weighted by atomic mass is 79.9. The first kappa shape index (κ1) is 10.1. The van der Waals surface area contributed by atoms with Gasteiger partial charge in [-0.2, -0.15) is 0 Å². The first-order chi connectivity index (χ1) is 7.83. The van der Waals surface area contributed by atoms with Gasteiger partial charge in [0.2, 0.25) is 0 Å². The molecule has 0 amide bonds. The fourth-order valence-corrected chi connectivity index (χ4v) is 3.02. The minimum absolute atomic E-state index is 0.287. The summed E-state index contributed by atoms with van der Waals surface area (Å²) < 4.78 is 1.11. The van der Waals surface area contributed by atoms with Crippen molar-refractivity contribution in [2.24, 2.45) is 0 Å². The molecule has 1 aliphatic rings. The van der Waals surface area contributed by atoms with Gasteiger partial charge in [-0.05, 0) is 35.9 Å². The maximum Gasteiger partial charge on any atom is 0.103 e. The van der Waals surface area contributed by atoms with Gasteiger partial charge >= 0.3 is 0 Å². The molecule has 0 saturated carbocycles. The van der Waals surface area contributed by atoms with Crippen molar-refractivity contribution < 1.29 is 0 Å². The molecule has 1 N–H and O–H groups in total. The number of hydrogen-bond donors (Lipinski definition) is 1. The molecule has 16 heavy (non-hydrogen) atoms. The monoisotopic (exact) mass is 289 g/mol. The van der Waals surface area contributed by atoms with Gasteiger partial charge in [0, 0.05) is 9.37 Å². The average Bonchev–Trinajstić information content (AvgIpc) is 2.73. The van der Waals surface area contributed by atoms with Crippen LogP contribution in [0.4, 0.5) is 5.69 Å². The Labute approximate surface area is 107 Å². The van der Waals surface area contributed by atoms with E-state index >= 15 is 0 Å². The summed E-state index contributed by atoms with van der Waals surface area (Å²) in [4.78, 5) is 1.24. The van der Waals surface area contributed by atoms with Gasteiger partial charge in [0.05, 0.1) is 0 Å². The van der Waals surface area contributed by atoms with Crippen molar-refractivity contribution in [1.29, 1.82) is 0 Å². The summed E-state index contributed by atoms with van der Waals surface area (Å²) in [5.41, 5.74) is 2.33. The Morgan fingerprint density at radius 3 is 2.75 bits per heavy atom. The largest absolute Gasteiger partial charge is 0.361 e. The van der Waals surface area contributed by atoms with E-state index in [1.54, 1.807) is 0 Å². The summed E-state index contributed by atoms with van der Waals surface area (Å²) in [5.74, 6) is 0. The Bertz CT molecular complexity index is 485. The summed E-state index contributed by atoms with van der Waals surface area (Å²) in [6.45, 7) is 0. The van der Waals surface area contributed by atoms with Crippen LogP contribution in [0.25, 0.3) is 0 Å². The molecule has 0 fully saturated rings.